The maximum atomic E-state index is 12.4. The van der Waals surface area contributed by atoms with Crippen molar-refractivity contribution in [2.45, 2.75) is 51.4 Å². The number of nitrogens with zero attached hydrogens (tertiary/aromatic N) is 3. The Morgan fingerprint density at radius 3 is 2.66 bits per heavy atom. The van der Waals surface area contributed by atoms with Crippen molar-refractivity contribution >= 4 is 17.7 Å². The standard InChI is InChI=1S/C23H28N4OS/c1-4-27-22(20-12-8-9-17(2)15-20)25-26-23(27)29-16-21(28)24-18(3)13-14-19-10-6-5-7-11-19/h5-12,15,18H,4,13-14,16H2,1-3H3,(H,24,28). The number of carbonyl (C=O) groups is 1. The van der Waals surface area contributed by atoms with Crippen LogP contribution in [0.25, 0.3) is 11.4 Å². The summed E-state index contributed by atoms with van der Waals surface area (Å²) in [4.78, 5) is 12.4. The monoisotopic (exact) mass is 408 g/mol. The second kappa shape index (κ2) is 10.3. The minimum atomic E-state index is 0.0262. The molecule has 1 atom stereocenters. The average molecular weight is 409 g/mol. The van der Waals surface area contributed by atoms with Gasteiger partial charge in [0.1, 0.15) is 0 Å². The Bertz CT molecular complexity index is 939. The van der Waals surface area contributed by atoms with Crippen LogP contribution >= 0.6 is 11.8 Å². The minimum absolute atomic E-state index is 0.0262. The summed E-state index contributed by atoms with van der Waals surface area (Å²) in [6.45, 7) is 6.94. The van der Waals surface area contributed by atoms with E-state index >= 15 is 0 Å². The molecule has 1 unspecified atom stereocenters. The molecule has 0 aliphatic rings. The van der Waals surface area contributed by atoms with Crippen LogP contribution in [0.2, 0.25) is 0 Å². The predicted octanol–water partition coefficient (Wildman–Crippen LogP) is 4.50. The number of benzene rings is 2. The van der Waals surface area contributed by atoms with Crippen molar-refractivity contribution in [2.75, 3.05) is 5.75 Å². The van der Waals surface area contributed by atoms with Gasteiger partial charge in [-0.3, -0.25) is 4.79 Å². The number of hydrogen-bond acceptors (Lipinski definition) is 4. The normalized spacial score (nSPS) is 12.0. The zero-order chi connectivity index (χ0) is 20.6. The van der Waals surface area contributed by atoms with E-state index in [1.165, 1.54) is 22.9 Å². The Hall–Kier alpha value is -2.60. The molecule has 1 aromatic heterocycles. The highest BCUT2D eigenvalue weighted by molar-refractivity contribution is 7.99. The van der Waals surface area contributed by atoms with Gasteiger partial charge in [0, 0.05) is 18.2 Å². The number of rotatable bonds is 9. The minimum Gasteiger partial charge on any atom is -0.353 e. The summed E-state index contributed by atoms with van der Waals surface area (Å²) in [5, 5.41) is 12.5. The Morgan fingerprint density at radius 2 is 1.93 bits per heavy atom. The van der Waals surface area contributed by atoms with Crippen LogP contribution < -0.4 is 5.32 Å². The molecule has 0 aliphatic heterocycles. The van der Waals surface area contributed by atoms with Gasteiger partial charge in [-0.2, -0.15) is 0 Å². The van der Waals surface area contributed by atoms with Crippen LogP contribution in [0.1, 0.15) is 31.4 Å². The van der Waals surface area contributed by atoms with Crippen LogP contribution in [0, 0.1) is 6.92 Å². The Kier molecular flexibility index (Phi) is 7.47. The van der Waals surface area contributed by atoms with Gasteiger partial charge in [0.2, 0.25) is 5.91 Å². The molecule has 0 saturated heterocycles. The van der Waals surface area contributed by atoms with Crippen molar-refractivity contribution in [1.82, 2.24) is 20.1 Å². The maximum absolute atomic E-state index is 12.4. The van der Waals surface area contributed by atoms with Gasteiger partial charge in [-0.1, -0.05) is 65.9 Å². The lowest BCUT2D eigenvalue weighted by molar-refractivity contribution is -0.119. The third-order valence-electron chi connectivity index (χ3n) is 4.76. The van der Waals surface area contributed by atoms with Crippen molar-refractivity contribution in [2.24, 2.45) is 0 Å². The van der Waals surface area contributed by atoms with Crippen LogP contribution in [0.4, 0.5) is 0 Å². The van der Waals surface area contributed by atoms with Gasteiger partial charge in [0.25, 0.3) is 0 Å². The number of aryl methyl sites for hydroxylation is 2. The molecular formula is C23H28N4OS. The van der Waals surface area contributed by atoms with E-state index in [9.17, 15) is 4.79 Å². The van der Waals surface area contributed by atoms with Crippen molar-refractivity contribution < 1.29 is 4.79 Å². The molecule has 0 spiro atoms. The SMILES string of the molecule is CCn1c(SCC(=O)NC(C)CCc2ccccc2)nnc1-c1cccc(C)c1. The molecule has 5 nitrogen and oxygen atoms in total. The average Bonchev–Trinajstić information content (AvgIpc) is 3.14. The molecule has 0 saturated carbocycles. The van der Waals surface area contributed by atoms with E-state index in [2.05, 4.69) is 65.1 Å². The molecule has 1 heterocycles. The van der Waals surface area contributed by atoms with E-state index in [0.717, 1.165) is 35.9 Å². The van der Waals surface area contributed by atoms with E-state index in [1.54, 1.807) is 0 Å². The first kappa shape index (κ1) is 21.1. The predicted molar refractivity (Wildman–Crippen MR) is 119 cm³/mol. The third-order valence-corrected chi connectivity index (χ3v) is 5.72. The van der Waals surface area contributed by atoms with Crippen molar-refractivity contribution in [3.63, 3.8) is 0 Å². The zero-order valence-corrected chi connectivity index (χ0v) is 18.1. The molecular weight excluding hydrogens is 380 g/mol. The molecule has 0 aliphatic carbocycles. The first-order chi connectivity index (χ1) is 14.1. The molecule has 1 amide bonds. The van der Waals surface area contributed by atoms with Crippen molar-refractivity contribution in [3.05, 3.63) is 65.7 Å². The summed E-state index contributed by atoms with van der Waals surface area (Å²) >= 11 is 1.43. The number of carbonyl (C=O) groups excluding carboxylic acids is 1. The van der Waals surface area contributed by atoms with Crippen LogP contribution in [-0.4, -0.2) is 32.5 Å². The summed E-state index contributed by atoms with van der Waals surface area (Å²) < 4.78 is 2.06. The fraction of sp³-hybridized carbons (Fsp3) is 0.348. The molecule has 6 heteroatoms. The van der Waals surface area contributed by atoms with Gasteiger partial charge >= 0.3 is 0 Å². The lowest BCUT2D eigenvalue weighted by Gasteiger charge is -2.14. The summed E-state index contributed by atoms with van der Waals surface area (Å²) in [5.41, 5.74) is 3.53. The molecule has 0 bridgehead atoms. The number of nitrogens with one attached hydrogen (secondary N) is 1. The van der Waals surface area contributed by atoms with Crippen LogP contribution in [0.3, 0.4) is 0 Å². The largest absolute Gasteiger partial charge is 0.353 e. The number of amides is 1. The highest BCUT2D eigenvalue weighted by atomic mass is 32.2. The van der Waals surface area contributed by atoms with E-state index in [0.29, 0.717) is 5.75 Å². The lowest BCUT2D eigenvalue weighted by atomic mass is 10.1. The molecule has 0 radical (unpaired) electrons. The maximum Gasteiger partial charge on any atom is 0.230 e. The number of thioether (sulfide) groups is 1. The molecule has 2 aromatic carbocycles. The van der Waals surface area contributed by atoms with Gasteiger partial charge in [0.05, 0.1) is 5.75 Å². The highest BCUT2D eigenvalue weighted by Gasteiger charge is 2.15. The molecule has 0 fully saturated rings. The van der Waals surface area contributed by atoms with Crippen molar-refractivity contribution in [1.29, 1.82) is 0 Å². The van der Waals surface area contributed by atoms with Gasteiger partial charge < -0.3 is 9.88 Å². The number of hydrogen-bond donors (Lipinski definition) is 1. The summed E-state index contributed by atoms with van der Waals surface area (Å²) in [7, 11) is 0. The summed E-state index contributed by atoms with van der Waals surface area (Å²) in [6.07, 6.45) is 1.88. The fourth-order valence-electron chi connectivity index (χ4n) is 3.22. The van der Waals surface area contributed by atoms with Crippen LogP contribution in [0.15, 0.2) is 59.8 Å². The Labute approximate surface area is 176 Å². The molecule has 29 heavy (non-hydrogen) atoms. The fourth-order valence-corrected chi connectivity index (χ4v) is 4.04. The lowest BCUT2D eigenvalue weighted by Crippen LogP contribution is -2.34. The van der Waals surface area contributed by atoms with Gasteiger partial charge in [0.15, 0.2) is 11.0 Å². The number of aromatic nitrogens is 3. The van der Waals surface area contributed by atoms with E-state index in [1.807, 2.05) is 30.3 Å². The second-order valence-corrected chi connectivity index (χ2v) is 8.14. The van der Waals surface area contributed by atoms with E-state index < -0.39 is 0 Å². The van der Waals surface area contributed by atoms with Crippen LogP contribution in [0.5, 0.6) is 0 Å². The first-order valence-electron chi connectivity index (χ1n) is 10.0. The topological polar surface area (TPSA) is 59.8 Å². The highest BCUT2D eigenvalue weighted by Crippen LogP contribution is 2.24. The molecule has 1 N–H and O–H groups in total. The van der Waals surface area contributed by atoms with E-state index in [4.69, 9.17) is 0 Å². The summed E-state index contributed by atoms with van der Waals surface area (Å²) in [6, 6.07) is 18.7. The zero-order valence-electron chi connectivity index (χ0n) is 17.3. The van der Waals surface area contributed by atoms with Gasteiger partial charge in [-0.25, -0.2) is 0 Å². The van der Waals surface area contributed by atoms with Gasteiger partial charge in [-0.15, -0.1) is 10.2 Å². The summed E-state index contributed by atoms with van der Waals surface area (Å²) in [5.74, 6) is 1.20. The quantitative estimate of drug-likeness (QED) is 0.530. The van der Waals surface area contributed by atoms with Gasteiger partial charge in [-0.05, 0) is 45.2 Å². The Morgan fingerprint density at radius 1 is 1.14 bits per heavy atom. The van der Waals surface area contributed by atoms with E-state index in [-0.39, 0.29) is 11.9 Å². The molecule has 3 rings (SSSR count). The Balaban J connectivity index is 1.53. The van der Waals surface area contributed by atoms with Crippen molar-refractivity contribution in [3.8, 4) is 11.4 Å². The molecule has 152 valence electrons. The third kappa shape index (κ3) is 5.94. The second-order valence-electron chi connectivity index (χ2n) is 7.20. The molecule has 3 aromatic rings. The van der Waals surface area contributed by atoms with Crippen LogP contribution in [-0.2, 0) is 17.8 Å². The first-order valence-corrected chi connectivity index (χ1v) is 11.0. The smallest absolute Gasteiger partial charge is 0.230 e.